The molecule has 0 unspecified atom stereocenters. The van der Waals surface area contributed by atoms with Gasteiger partial charge in [0.2, 0.25) is 0 Å². The highest BCUT2D eigenvalue weighted by Gasteiger charge is 2.12. The Morgan fingerprint density at radius 3 is 2.58 bits per heavy atom. The summed E-state index contributed by atoms with van der Waals surface area (Å²) in [6.45, 7) is 5.84. The molecule has 3 aromatic heterocycles. The number of anilines is 2. The molecule has 10 nitrogen and oxygen atoms in total. The average molecular weight is 542 g/mol. The predicted molar refractivity (Wildman–Crippen MR) is 159 cm³/mol. The predicted octanol–water partition coefficient (Wildman–Crippen LogP) is 2.76. The van der Waals surface area contributed by atoms with Gasteiger partial charge in [-0.05, 0) is 62.0 Å². The Morgan fingerprint density at radius 2 is 1.82 bits per heavy atom. The zero-order valence-corrected chi connectivity index (χ0v) is 23.7. The first-order chi connectivity index (χ1) is 19.3. The molecule has 0 amide bonds. The van der Waals surface area contributed by atoms with Gasteiger partial charge in [0, 0.05) is 24.4 Å². The number of fused-ring (bicyclic) bond motifs is 1. The van der Waals surface area contributed by atoms with Gasteiger partial charge in [-0.15, -0.1) is 5.10 Å². The molecule has 4 rings (SSSR count). The van der Waals surface area contributed by atoms with Gasteiger partial charge in [0.15, 0.2) is 12.0 Å². The van der Waals surface area contributed by atoms with Gasteiger partial charge in [-0.1, -0.05) is 19.9 Å². The van der Waals surface area contributed by atoms with E-state index in [0.717, 1.165) is 34.5 Å². The Labute approximate surface area is 235 Å². The monoisotopic (exact) mass is 541 g/mol. The fourth-order valence-corrected chi connectivity index (χ4v) is 3.86. The van der Waals surface area contributed by atoms with Gasteiger partial charge in [0.25, 0.3) is 0 Å². The van der Waals surface area contributed by atoms with Crippen LogP contribution >= 0.6 is 0 Å². The second-order valence-electron chi connectivity index (χ2n) is 9.90. The van der Waals surface area contributed by atoms with Crippen LogP contribution < -0.4 is 25.5 Å². The molecule has 0 aliphatic heterocycles. The van der Waals surface area contributed by atoms with Crippen LogP contribution in [0.25, 0.3) is 16.6 Å². The van der Waals surface area contributed by atoms with E-state index in [0.29, 0.717) is 41.1 Å². The van der Waals surface area contributed by atoms with Crippen molar-refractivity contribution in [1.29, 1.82) is 0 Å². The van der Waals surface area contributed by atoms with Crippen molar-refractivity contribution in [2.75, 3.05) is 46.2 Å². The van der Waals surface area contributed by atoms with Crippen molar-refractivity contribution in [2.24, 2.45) is 5.73 Å². The third-order valence-electron chi connectivity index (χ3n) is 6.09. The highest BCUT2D eigenvalue weighted by atomic mass is 16.5. The highest BCUT2D eigenvalue weighted by molar-refractivity contribution is 6.08. The maximum atomic E-state index is 6.52. The number of ether oxygens (including phenoxy) is 2. The van der Waals surface area contributed by atoms with E-state index in [4.69, 9.17) is 20.2 Å². The van der Waals surface area contributed by atoms with E-state index in [1.807, 2.05) is 75.9 Å². The Bertz CT molecular complexity index is 1500. The van der Waals surface area contributed by atoms with Crippen LogP contribution in [0.1, 0.15) is 30.9 Å². The van der Waals surface area contributed by atoms with Gasteiger partial charge >= 0.3 is 0 Å². The van der Waals surface area contributed by atoms with Gasteiger partial charge in [0.1, 0.15) is 37.6 Å². The number of nitrogens with two attached hydrogens (primary N) is 1. The van der Waals surface area contributed by atoms with E-state index in [9.17, 15) is 0 Å². The number of aromatic nitrogens is 4. The van der Waals surface area contributed by atoms with Crippen LogP contribution in [0.2, 0.25) is 0 Å². The van der Waals surface area contributed by atoms with Crippen molar-refractivity contribution < 1.29 is 14.5 Å². The van der Waals surface area contributed by atoms with Crippen LogP contribution in [0.15, 0.2) is 66.6 Å². The smallest absolute Gasteiger partial charge is 0.171 e. The molecule has 0 radical (unpaired) electrons. The first kappa shape index (κ1) is 28.4. The van der Waals surface area contributed by atoms with Crippen LogP contribution in [0, 0.1) is 0 Å². The molecular formula is C30H37N8O2+. The summed E-state index contributed by atoms with van der Waals surface area (Å²) in [6, 6.07) is 15.3. The molecule has 0 fully saturated rings. The topological polar surface area (TPSA) is 125 Å². The number of pyridine rings is 2. The lowest BCUT2D eigenvalue weighted by atomic mass is 10.1. The van der Waals surface area contributed by atoms with E-state index < -0.39 is 0 Å². The fraction of sp³-hybridized carbons (Fsp3) is 0.300. The molecule has 0 aliphatic carbocycles. The first-order valence-corrected chi connectivity index (χ1v) is 13.2. The van der Waals surface area contributed by atoms with Crippen molar-refractivity contribution in [2.45, 2.75) is 19.8 Å². The Kier molecular flexibility index (Phi) is 9.58. The van der Waals surface area contributed by atoms with E-state index in [2.05, 4.69) is 44.2 Å². The van der Waals surface area contributed by atoms with E-state index in [1.54, 1.807) is 12.4 Å². The SMILES string of the molecule is C[NH+]=CC(=C(N)COc1cccc(OCCN(C)C)c1)c1cnc2ccc(Nc3cc(C(C)C)cnn3)nc2c1. The minimum Gasteiger partial charge on any atom is -0.492 e. The number of rotatable bonds is 12. The number of likely N-dealkylation sites (N-methyl/N-ethyl adjacent to an activating group) is 1. The zero-order chi connectivity index (χ0) is 28.5. The molecule has 1 aromatic carbocycles. The number of nitrogens with zero attached hydrogens (tertiary/aromatic N) is 5. The summed E-state index contributed by atoms with van der Waals surface area (Å²) in [5.41, 5.74) is 11.2. The molecule has 0 bridgehead atoms. The maximum Gasteiger partial charge on any atom is 0.171 e. The van der Waals surface area contributed by atoms with Gasteiger partial charge in [0.05, 0.1) is 28.5 Å². The van der Waals surface area contributed by atoms with E-state index in [-0.39, 0.29) is 6.61 Å². The summed E-state index contributed by atoms with van der Waals surface area (Å²) >= 11 is 0. The summed E-state index contributed by atoms with van der Waals surface area (Å²) in [4.78, 5) is 14.5. The number of benzene rings is 1. The Balaban J connectivity index is 1.53. The van der Waals surface area contributed by atoms with E-state index >= 15 is 0 Å². The lowest BCUT2D eigenvalue weighted by Crippen LogP contribution is -2.63. The molecule has 0 spiro atoms. The maximum absolute atomic E-state index is 6.52. The third kappa shape index (κ3) is 7.73. The number of hydrogen-bond donors (Lipinski definition) is 3. The largest absolute Gasteiger partial charge is 0.492 e. The molecule has 0 saturated heterocycles. The minimum absolute atomic E-state index is 0.187. The molecule has 208 valence electrons. The van der Waals surface area contributed by atoms with E-state index in [1.165, 1.54) is 0 Å². The second-order valence-corrected chi connectivity index (χ2v) is 9.90. The van der Waals surface area contributed by atoms with Gasteiger partial charge in [-0.2, -0.15) is 5.10 Å². The lowest BCUT2D eigenvalue weighted by Gasteiger charge is -2.13. The number of nitrogens with one attached hydrogen (secondary N) is 2. The minimum atomic E-state index is 0.187. The van der Waals surface area contributed by atoms with Crippen LogP contribution in [-0.2, 0) is 0 Å². The molecule has 4 aromatic rings. The van der Waals surface area contributed by atoms with Crippen molar-refractivity contribution >= 4 is 34.5 Å². The summed E-state index contributed by atoms with van der Waals surface area (Å²) in [5.74, 6) is 3.06. The summed E-state index contributed by atoms with van der Waals surface area (Å²) in [7, 11) is 5.84. The average Bonchev–Trinajstić information content (AvgIpc) is 2.94. The van der Waals surface area contributed by atoms with Crippen LogP contribution in [0.3, 0.4) is 0 Å². The van der Waals surface area contributed by atoms with Crippen LogP contribution in [0.4, 0.5) is 11.6 Å². The van der Waals surface area contributed by atoms with Crippen molar-refractivity contribution in [3.63, 3.8) is 0 Å². The highest BCUT2D eigenvalue weighted by Crippen LogP contribution is 2.24. The van der Waals surface area contributed by atoms with Crippen molar-refractivity contribution in [3.05, 3.63) is 77.7 Å². The van der Waals surface area contributed by atoms with Crippen LogP contribution in [-0.4, -0.2) is 72.2 Å². The molecule has 0 atom stereocenters. The van der Waals surface area contributed by atoms with Crippen LogP contribution in [0.5, 0.6) is 11.5 Å². The third-order valence-corrected chi connectivity index (χ3v) is 6.09. The van der Waals surface area contributed by atoms with Crippen molar-refractivity contribution in [1.82, 2.24) is 25.1 Å². The zero-order valence-electron chi connectivity index (χ0n) is 23.7. The van der Waals surface area contributed by atoms with Crippen molar-refractivity contribution in [3.8, 4) is 11.5 Å². The summed E-state index contributed by atoms with van der Waals surface area (Å²) in [5, 5.41) is 11.5. The lowest BCUT2D eigenvalue weighted by molar-refractivity contribution is -0.412. The molecule has 4 N–H and O–H groups in total. The molecule has 0 saturated carbocycles. The Morgan fingerprint density at radius 1 is 1.02 bits per heavy atom. The fourth-order valence-electron chi connectivity index (χ4n) is 3.86. The standard InChI is InChI=1S/C30H36N8O2/c1-20(2)21-14-30(37-34-17-21)36-29-10-9-27-28(35-29)13-22(16-33-27)25(18-32-3)26(31)19-40-24-8-6-7-23(15-24)39-12-11-38(4)5/h6-10,13-18,20H,11-12,19,31H2,1-5H3,(H,35,36,37)/p+1. The molecular weight excluding hydrogens is 504 g/mol. The quantitative estimate of drug-likeness (QED) is 0.232. The van der Waals surface area contributed by atoms with Gasteiger partial charge in [-0.25, -0.2) is 4.98 Å². The summed E-state index contributed by atoms with van der Waals surface area (Å²) < 4.78 is 11.8. The molecule has 10 heteroatoms. The number of hydrogen-bond acceptors (Lipinski definition) is 9. The second kappa shape index (κ2) is 13.5. The number of allylic oxidation sites excluding steroid dienone is 1. The van der Waals surface area contributed by atoms with Gasteiger partial charge < -0.3 is 25.4 Å². The van der Waals surface area contributed by atoms with Gasteiger partial charge in [-0.3, -0.25) is 9.98 Å². The summed E-state index contributed by atoms with van der Waals surface area (Å²) in [6.07, 6.45) is 5.39. The molecule has 3 heterocycles. The molecule has 40 heavy (non-hydrogen) atoms. The Hall–Kier alpha value is -4.57. The molecule has 0 aliphatic rings. The first-order valence-electron chi connectivity index (χ1n) is 13.2. The normalized spacial score (nSPS) is 12.3.